The third-order valence-corrected chi connectivity index (χ3v) is 4.84. The molecule has 3 rings (SSSR count). The summed E-state index contributed by atoms with van der Waals surface area (Å²) in [5.41, 5.74) is 0.340. The summed E-state index contributed by atoms with van der Waals surface area (Å²) in [5, 5.41) is 3.08. The van der Waals surface area contributed by atoms with Crippen molar-refractivity contribution in [1.29, 1.82) is 0 Å². The molecular weight excluding hydrogens is 240 g/mol. The first kappa shape index (κ1) is 12.5. The SMILES string of the molecule is CC(NC(=O)c1ccc(=O)[nH]c1)C1CC2CCC1C2. The van der Waals surface area contributed by atoms with Gasteiger partial charge in [0.2, 0.25) is 5.56 Å². The highest BCUT2D eigenvalue weighted by molar-refractivity contribution is 5.93. The van der Waals surface area contributed by atoms with Crippen LogP contribution >= 0.6 is 0 Å². The van der Waals surface area contributed by atoms with Gasteiger partial charge < -0.3 is 10.3 Å². The maximum atomic E-state index is 12.1. The van der Waals surface area contributed by atoms with Crippen molar-refractivity contribution < 1.29 is 4.79 Å². The van der Waals surface area contributed by atoms with Gasteiger partial charge in [-0.1, -0.05) is 6.42 Å². The van der Waals surface area contributed by atoms with Crippen molar-refractivity contribution in [1.82, 2.24) is 10.3 Å². The predicted molar refractivity (Wildman–Crippen MR) is 72.9 cm³/mol. The fourth-order valence-electron chi connectivity index (χ4n) is 3.86. The Balaban J connectivity index is 1.63. The van der Waals surface area contributed by atoms with Crippen LogP contribution < -0.4 is 10.9 Å². The van der Waals surface area contributed by atoms with Gasteiger partial charge in [-0.3, -0.25) is 9.59 Å². The van der Waals surface area contributed by atoms with Crippen LogP contribution in [0.3, 0.4) is 0 Å². The van der Waals surface area contributed by atoms with E-state index in [-0.39, 0.29) is 17.5 Å². The van der Waals surface area contributed by atoms with Crippen LogP contribution in [-0.2, 0) is 0 Å². The van der Waals surface area contributed by atoms with Gasteiger partial charge in [0, 0.05) is 18.3 Å². The molecule has 4 nitrogen and oxygen atoms in total. The van der Waals surface area contributed by atoms with Crippen molar-refractivity contribution in [2.75, 3.05) is 0 Å². The van der Waals surface area contributed by atoms with Crippen LogP contribution in [0.25, 0.3) is 0 Å². The zero-order valence-electron chi connectivity index (χ0n) is 11.2. The Morgan fingerprint density at radius 1 is 1.37 bits per heavy atom. The summed E-state index contributed by atoms with van der Waals surface area (Å²) < 4.78 is 0. The first-order valence-corrected chi connectivity index (χ1v) is 7.13. The van der Waals surface area contributed by atoms with Crippen LogP contribution in [0.2, 0.25) is 0 Å². The van der Waals surface area contributed by atoms with Gasteiger partial charge in [0.1, 0.15) is 0 Å². The second-order valence-electron chi connectivity index (χ2n) is 6.04. The molecule has 0 radical (unpaired) electrons. The van der Waals surface area contributed by atoms with E-state index in [9.17, 15) is 9.59 Å². The molecule has 1 aromatic heterocycles. The van der Waals surface area contributed by atoms with Crippen LogP contribution in [0.5, 0.6) is 0 Å². The molecule has 4 unspecified atom stereocenters. The number of aromatic nitrogens is 1. The number of hydrogen-bond acceptors (Lipinski definition) is 2. The molecule has 4 heteroatoms. The molecule has 2 saturated carbocycles. The second-order valence-corrected chi connectivity index (χ2v) is 6.04. The Morgan fingerprint density at radius 3 is 2.79 bits per heavy atom. The number of fused-ring (bicyclic) bond motifs is 2. The highest BCUT2D eigenvalue weighted by Crippen LogP contribution is 2.49. The minimum Gasteiger partial charge on any atom is -0.349 e. The highest BCUT2D eigenvalue weighted by atomic mass is 16.2. The van der Waals surface area contributed by atoms with Crippen molar-refractivity contribution in [2.45, 2.75) is 38.6 Å². The Hall–Kier alpha value is -1.58. The van der Waals surface area contributed by atoms with Gasteiger partial charge in [0.25, 0.3) is 5.91 Å². The van der Waals surface area contributed by atoms with E-state index in [2.05, 4.69) is 17.2 Å². The Morgan fingerprint density at radius 2 is 2.21 bits per heavy atom. The minimum atomic E-state index is -0.183. The van der Waals surface area contributed by atoms with Crippen molar-refractivity contribution >= 4 is 5.91 Å². The Labute approximate surface area is 112 Å². The summed E-state index contributed by atoms with van der Waals surface area (Å²) in [6.07, 6.45) is 6.79. The molecule has 1 aromatic rings. The van der Waals surface area contributed by atoms with Gasteiger partial charge >= 0.3 is 0 Å². The van der Waals surface area contributed by atoms with Gasteiger partial charge in [-0.15, -0.1) is 0 Å². The first-order chi connectivity index (χ1) is 9.13. The van der Waals surface area contributed by atoms with Gasteiger partial charge in [0.05, 0.1) is 5.56 Å². The number of carbonyl (C=O) groups excluding carboxylic acids is 1. The molecule has 0 aromatic carbocycles. The van der Waals surface area contributed by atoms with Gasteiger partial charge in [-0.2, -0.15) is 0 Å². The molecule has 2 N–H and O–H groups in total. The summed E-state index contributed by atoms with van der Waals surface area (Å²) in [6.45, 7) is 2.11. The first-order valence-electron chi connectivity index (χ1n) is 7.13. The van der Waals surface area contributed by atoms with Crippen LogP contribution in [0.4, 0.5) is 0 Å². The van der Waals surface area contributed by atoms with Crippen LogP contribution in [-0.4, -0.2) is 16.9 Å². The lowest BCUT2D eigenvalue weighted by Crippen LogP contribution is -2.40. The normalized spacial score (nSPS) is 30.3. The quantitative estimate of drug-likeness (QED) is 0.872. The number of rotatable bonds is 3. The monoisotopic (exact) mass is 260 g/mol. The number of pyridine rings is 1. The van der Waals surface area contributed by atoms with E-state index >= 15 is 0 Å². The van der Waals surface area contributed by atoms with Gasteiger partial charge in [-0.05, 0) is 50.0 Å². The molecular formula is C15H20N2O2. The lowest BCUT2D eigenvalue weighted by Gasteiger charge is -2.28. The molecule has 19 heavy (non-hydrogen) atoms. The zero-order chi connectivity index (χ0) is 13.4. The van der Waals surface area contributed by atoms with E-state index in [1.165, 1.54) is 37.9 Å². The van der Waals surface area contributed by atoms with Crippen LogP contribution in [0.15, 0.2) is 23.1 Å². The molecule has 2 fully saturated rings. The lowest BCUT2D eigenvalue weighted by molar-refractivity contribution is 0.0915. The number of nitrogens with one attached hydrogen (secondary N) is 2. The molecule has 0 spiro atoms. The summed E-state index contributed by atoms with van der Waals surface area (Å²) in [7, 11) is 0. The third-order valence-electron chi connectivity index (χ3n) is 4.84. The van der Waals surface area contributed by atoms with Crippen molar-refractivity contribution in [3.05, 3.63) is 34.2 Å². The van der Waals surface area contributed by atoms with E-state index in [1.807, 2.05) is 0 Å². The van der Waals surface area contributed by atoms with E-state index in [0.29, 0.717) is 11.5 Å². The van der Waals surface area contributed by atoms with Crippen LogP contribution in [0.1, 0.15) is 43.0 Å². The summed E-state index contributed by atoms with van der Waals surface area (Å²) >= 11 is 0. The Bertz CT molecular complexity index is 517. The summed E-state index contributed by atoms with van der Waals surface area (Å²) in [5.74, 6) is 2.23. The highest BCUT2D eigenvalue weighted by Gasteiger charge is 2.42. The molecule has 1 heterocycles. The van der Waals surface area contributed by atoms with E-state index in [4.69, 9.17) is 0 Å². The molecule has 2 aliphatic rings. The van der Waals surface area contributed by atoms with Crippen molar-refractivity contribution in [3.63, 3.8) is 0 Å². The maximum absolute atomic E-state index is 12.1. The van der Waals surface area contributed by atoms with Crippen LogP contribution in [0, 0.1) is 17.8 Å². The standard InChI is InChI=1S/C15H20N2O2/c1-9(13-7-10-2-3-11(13)6-10)17-15(19)12-4-5-14(18)16-8-12/h4-5,8-11,13H,2-3,6-7H2,1H3,(H,16,18)(H,17,19). The molecule has 2 aliphatic carbocycles. The fourth-order valence-corrected chi connectivity index (χ4v) is 3.86. The van der Waals surface area contributed by atoms with Crippen molar-refractivity contribution in [3.8, 4) is 0 Å². The molecule has 1 amide bonds. The van der Waals surface area contributed by atoms with Gasteiger partial charge in [0.15, 0.2) is 0 Å². The molecule has 4 atom stereocenters. The molecule has 0 aliphatic heterocycles. The number of carbonyl (C=O) groups is 1. The maximum Gasteiger partial charge on any atom is 0.252 e. The van der Waals surface area contributed by atoms with E-state index < -0.39 is 0 Å². The number of H-pyrrole nitrogens is 1. The van der Waals surface area contributed by atoms with Gasteiger partial charge in [-0.25, -0.2) is 0 Å². The average Bonchev–Trinajstić information content (AvgIpc) is 3.01. The predicted octanol–water partition coefficient (Wildman–Crippen LogP) is 1.93. The summed E-state index contributed by atoms with van der Waals surface area (Å²) in [6, 6.07) is 3.17. The smallest absolute Gasteiger partial charge is 0.252 e. The average molecular weight is 260 g/mol. The topological polar surface area (TPSA) is 62.0 Å². The van der Waals surface area contributed by atoms with Crippen molar-refractivity contribution in [2.24, 2.45) is 17.8 Å². The number of aromatic amines is 1. The third kappa shape index (κ3) is 2.44. The second kappa shape index (κ2) is 4.83. The lowest BCUT2D eigenvalue weighted by atomic mass is 9.84. The minimum absolute atomic E-state index is 0.0912. The molecule has 2 bridgehead atoms. The van der Waals surface area contributed by atoms with E-state index in [0.717, 1.165) is 11.8 Å². The molecule has 102 valence electrons. The number of amides is 1. The largest absolute Gasteiger partial charge is 0.349 e. The number of hydrogen-bond donors (Lipinski definition) is 2. The fraction of sp³-hybridized carbons (Fsp3) is 0.600. The zero-order valence-corrected chi connectivity index (χ0v) is 11.2. The molecule has 0 saturated heterocycles. The Kier molecular flexibility index (Phi) is 3.17. The van der Waals surface area contributed by atoms with E-state index in [1.54, 1.807) is 6.07 Å². The summed E-state index contributed by atoms with van der Waals surface area (Å²) in [4.78, 5) is 25.6.